The zero-order valence-corrected chi connectivity index (χ0v) is 8.64. The molecular formula is C11H10FN3O. The number of nitrogens with zero attached hydrogens (tertiary/aromatic N) is 2. The van der Waals surface area contributed by atoms with E-state index in [0.29, 0.717) is 16.8 Å². The third-order valence-corrected chi connectivity index (χ3v) is 2.34. The Labute approximate surface area is 91.5 Å². The van der Waals surface area contributed by atoms with E-state index in [2.05, 4.69) is 4.98 Å². The fourth-order valence-electron chi connectivity index (χ4n) is 1.64. The molecule has 2 aromatic rings. The van der Waals surface area contributed by atoms with Crippen LogP contribution in [0, 0.1) is 5.95 Å². The van der Waals surface area contributed by atoms with Gasteiger partial charge < -0.3 is 10.3 Å². The van der Waals surface area contributed by atoms with Crippen LogP contribution in [0.4, 0.5) is 4.39 Å². The number of hydrogen-bond donors (Lipinski definition) is 1. The molecule has 1 amide bonds. The van der Waals surface area contributed by atoms with Gasteiger partial charge in [0, 0.05) is 31.1 Å². The standard InChI is InChI=1S/C11H10FN3O/c1-15-5-3-8(10(15)11(13)16)7-2-4-14-9(12)6-7/h2-6H,1H3,(H2,13,16). The maximum Gasteiger partial charge on any atom is 0.265 e. The van der Waals surface area contributed by atoms with Crippen LogP contribution >= 0.6 is 0 Å². The number of hydrogen-bond acceptors (Lipinski definition) is 2. The summed E-state index contributed by atoms with van der Waals surface area (Å²) in [4.78, 5) is 14.7. The maximum atomic E-state index is 13.0. The average Bonchev–Trinajstić information content (AvgIpc) is 2.60. The molecule has 0 aliphatic carbocycles. The number of primary amides is 1. The molecule has 0 saturated heterocycles. The highest BCUT2D eigenvalue weighted by Crippen LogP contribution is 2.24. The second-order valence-electron chi connectivity index (χ2n) is 3.42. The van der Waals surface area contributed by atoms with Gasteiger partial charge in [-0.3, -0.25) is 4.79 Å². The van der Waals surface area contributed by atoms with Crippen LogP contribution in [0.3, 0.4) is 0 Å². The van der Waals surface area contributed by atoms with Crippen molar-refractivity contribution in [3.63, 3.8) is 0 Å². The number of carbonyl (C=O) groups excluding carboxylic acids is 1. The van der Waals surface area contributed by atoms with E-state index in [-0.39, 0.29) is 0 Å². The summed E-state index contributed by atoms with van der Waals surface area (Å²) in [6.07, 6.45) is 3.05. The summed E-state index contributed by atoms with van der Waals surface area (Å²) in [5, 5.41) is 0. The van der Waals surface area contributed by atoms with Crippen LogP contribution < -0.4 is 5.73 Å². The molecule has 2 aromatic heterocycles. The van der Waals surface area contributed by atoms with E-state index in [1.165, 1.54) is 12.3 Å². The van der Waals surface area contributed by atoms with Crippen LogP contribution in [0.5, 0.6) is 0 Å². The molecule has 0 spiro atoms. The van der Waals surface area contributed by atoms with Crippen molar-refractivity contribution < 1.29 is 9.18 Å². The lowest BCUT2D eigenvalue weighted by Gasteiger charge is -2.03. The van der Waals surface area contributed by atoms with E-state index in [9.17, 15) is 9.18 Å². The lowest BCUT2D eigenvalue weighted by atomic mass is 10.1. The first kappa shape index (κ1) is 10.4. The summed E-state index contributed by atoms with van der Waals surface area (Å²) in [6.45, 7) is 0. The molecule has 0 bridgehead atoms. The van der Waals surface area contributed by atoms with Crippen molar-refractivity contribution in [1.29, 1.82) is 0 Å². The van der Waals surface area contributed by atoms with Gasteiger partial charge in [0.2, 0.25) is 5.95 Å². The first-order valence-corrected chi connectivity index (χ1v) is 4.66. The molecule has 5 heteroatoms. The first-order chi connectivity index (χ1) is 7.59. The molecule has 0 atom stereocenters. The molecule has 4 nitrogen and oxygen atoms in total. The summed E-state index contributed by atoms with van der Waals surface area (Å²) in [5.41, 5.74) is 6.81. The normalized spacial score (nSPS) is 10.4. The molecule has 2 N–H and O–H groups in total. The van der Waals surface area contributed by atoms with Gasteiger partial charge in [-0.15, -0.1) is 0 Å². The summed E-state index contributed by atoms with van der Waals surface area (Å²) in [5.74, 6) is -1.13. The highest BCUT2D eigenvalue weighted by molar-refractivity contribution is 5.98. The fraction of sp³-hybridized carbons (Fsp3) is 0.0909. The lowest BCUT2D eigenvalue weighted by molar-refractivity contribution is 0.0993. The van der Waals surface area contributed by atoms with Gasteiger partial charge in [0.15, 0.2) is 0 Å². The van der Waals surface area contributed by atoms with Crippen molar-refractivity contribution in [2.75, 3.05) is 0 Å². The predicted molar refractivity (Wildman–Crippen MR) is 57.1 cm³/mol. The number of carbonyl (C=O) groups is 1. The Balaban J connectivity index is 2.60. The Morgan fingerprint density at radius 3 is 2.88 bits per heavy atom. The van der Waals surface area contributed by atoms with Crippen LogP contribution in [-0.2, 0) is 7.05 Å². The van der Waals surface area contributed by atoms with Gasteiger partial charge in [-0.1, -0.05) is 0 Å². The number of nitrogens with two attached hydrogens (primary N) is 1. The lowest BCUT2D eigenvalue weighted by Crippen LogP contribution is -2.16. The molecule has 0 aliphatic rings. The van der Waals surface area contributed by atoms with Gasteiger partial charge >= 0.3 is 0 Å². The molecule has 2 heterocycles. The van der Waals surface area contributed by atoms with E-state index in [1.54, 1.807) is 29.9 Å². The van der Waals surface area contributed by atoms with Crippen LogP contribution in [-0.4, -0.2) is 15.5 Å². The number of halogens is 1. The molecule has 0 fully saturated rings. The van der Waals surface area contributed by atoms with Crippen molar-refractivity contribution in [2.45, 2.75) is 0 Å². The highest BCUT2D eigenvalue weighted by Gasteiger charge is 2.14. The second-order valence-corrected chi connectivity index (χ2v) is 3.42. The minimum Gasteiger partial charge on any atom is -0.364 e. The molecular weight excluding hydrogens is 209 g/mol. The Morgan fingerprint density at radius 1 is 1.50 bits per heavy atom. The molecule has 0 saturated carbocycles. The van der Waals surface area contributed by atoms with Crippen LogP contribution in [0.25, 0.3) is 11.1 Å². The number of rotatable bonds is 2. The second kappa shape index (κ2) is 3.77. The third-order valence-electron chi connectivity index (χ3n) is 2.34. The van der Waals surface area contributed by atoms with E-state index in [4.69, 9.17) is 5.73 Å². The zero-order chi connectivity index (χ0) is 11.7. The number of aromatic nitrogens is 2. The SMILES string of the molecule is Cn1ccc(-c2ccnc(F)c2)c1C(N)=O. The average molecular weight is 219 g/mol. The number of aryl methyl sites for hydroxylation is 1. The Kier molecular flexibility index (Phi) is 2.44. The van der Waals surface area contributed by atoms with Crippen molar-refractivity contribution >= 4 is 5.91 Å². The number of pyridine rings is 1. The summed E-state index contributed by atoms with van der Waals surface area (Å²) < 4.78 is 14.6. The van der Waals surface area contributed by atoms with Crippen LogP contribution in [0.1, 0.15) is 10.5 Å². The minimum absolute atomic E-state index is 0.352. The van der Waals surface area contributed by atoms with Gasteiger partial charge in [0.1, 0.15) is 5.69 Å². The molecule has 82 valence electrons. The van der Waals surface area contributed by atoms with Gasteiger partial charge in [0.25, 0.3) is 5.91 Å². The van der Waals surface area contributed by atoms with Gasteiger partial charge in [0.05, 0.1) is 0 Å². The highest BCUT2D eigenvalue weighted by atomic mass is 19.1. The molecule has 16 heavy (non-hydrogen) atoms. The summed E-state index contributed by atoms with van der Waals surface area (Å²) in [7, 11) is 1.71. The monoisotopic (exact) mass is 219 g/mol. The van der Waals surface area contributed by atoms with Crippen molar-refractivity contribution in [1.82, 2.24) is 9.55 Å². The minimum atomic E-state index is -0.586. The molecule has 0 unspecified atom stereocenters. The van der Waals surface area contributed by atoms with Crippen LogP contribution in [0.15, 0.2) is 30.6 Å². The van der Waals surface area contributed by atoms with Gasteiger partial charge in [-0.05, 0) is 17.7 Å². The van der Waals surface area contributed by atoms with E-state index in [1.807, 2.05) is 0 Å². The van der Waals surface area contributed by atoms with Crippen LogP contribution in [0.2, 0.25) is 0 Å². The molecule has 0 aromatic carbocycles. The maximum absolute atomic E-state index is 13.0. The Hall–Kier alpha value is -2.17. The summed E-state index contributed by atoms with van der Waals surface area (Å²) in [6, 6.07) is 4.61. The van der Waals surface area contributed by atoms with Gasteiger partial charge in [-0.25, -0.2) is 4.98 Å². The summed E-state index contributed by atoms with van der Waals surface area (Å²) >= 11 is 0. The number of amides is 1. The predicted octanol–water partition coefficient (Wildman–Crippen LogP) is 1.33. The van der Waals surface area contributed by atoms with E-state index >= 15 is 0 Å². The Bertz CT molecular complexity index is 548. The van der Waals surface area contributed by atoms with E-state index in [0.717, 1.165) is 0 Å². The molecule has 2 rings (SSSR count). The fourth-order valence-corrected chi connectivity index (χ4v) is 1.64. The van der Waals surface area contributed by atoms with E-state index < -0.39 is 11.9 Å². The molecule has 0 radical (unpaired) electrons. The quantitative estimate of drug-likeness (QED) is 0.774. The largest absolute Gasteiger partial charge is 0.364 e. The molecule has 0 aliphatic heterocycles. The zero-order valence-electron chi connectivity index (χ0n) is 8.64. The smallest absolute Gasteiger partial charge is 0.265 e. The van der Waals surface area contributed by atoms with Crippen molar-refractivity contribution in [3.8, 4) is 11.1 Å². The third kappa shape index (κ3) is 1.67. The topological polar surface area (TPSA) is 60.9 Å². The van der Waals surface area contributed by atoms with Crippen molar-refractivity contribution in [2.24, 2.45) is 12.8 Å². The first-order valence-electron chi connectivity index (χ1n) is 4.66. The Morgan fingerprint density at radius 2 is 2.25 bits per heavy atom. The van der Waals surface area contributed by atoms with Crippen molar-refractivity contribution in [3.05, 3.63) is 42.2 Å². The van der Waals surface area contributed by atoms with Gasteiger partial charge in [-0.2, -0.15) is 4.39 Å².